The normalized spacial score (nSPS) is 28.2. The van der Waals surface area contributed by atoms with Gasteiger partial charge in [-0.1, -0.05) is 48.9 Å². The average molecular weight is 357 g/mol. The Morgan fingerprint density at radius 1 is 1.15 bits per heavy atom. The minimum absolute atomic E-state index is 0.241. The van der Waals surface area contributed by atoms with E-state index >= 15 is 0 Å². The highest BCUT2D eigenvalue weighted by atomic mass is 16.6. The van der Waals surface area contributed by atoms with E-state index in [4.69, 9.17) is 4.74 Å². The molecule has 2 atom stereocenters. The smallest absolute Gasteiger partial charge is 0.407 e. The Bertz CT molecular complexity index is 642. The fourth-order valence-electron chi connectivity index (χ4n) is 3.67. The van der Waals surface area contributed by atoms with Crippen LogP contribution < -0.4 is 10.6 Å². The van der Waals surface area contributed by atoms with E-state index in [0.29, 0.717) is 18.0 Å². The first-order valence-electron chi connectivity index (χ1n) is 9.85. The zero-order valence-corrected chi connectivity index (χ0v) is 16.4. The van der Waals surface area contributed by atoms with Crippen LogP contribution in [0.15, 0.2) is 35.9 Å². The number of benzene rings is 1. The topological polar surface area (TPSA) is 50.4 Å². The molecule has 0 aliphatic heterocycles. The summed E-state index contributed by atoms with van der Waals surface area (Å²) in [7, 11) is 0. The zero-order valence-electron chi connectivity index (χ0n) is 16.4. The average Bonchev–Trinajstić information content (AvgIpc) is 3.29. The van der Waals surface area contributed by atoms with Gasteiger partial charge < -0.3 is 15.4 Å². The molecule has 2 saturated carbocycles. The highest BCUT2D eigenvalue weighted by Crippen LogP contribution is 2.41. The van der Waals surface area contributed by atoms with Crippen molar-refractivity contribution >= 4 is 12.2 Å². The summed E-state index contributed by atoms with van der Waals surface area (Å²) in [5, 5.41) is 6.72. The van der Waals surface area contributed by atoms with E-state index in [0.717, 1.165) is 19.3 Å². The maximum atomic E-state index is 11.8. The second kappa shape index (κ2) is 7.83. The molecule has 0 bridgehead atoms. The number of nitrogens with one attached hydrogen (secondary N) is 2. The number of alkyl carbamates (subject to hydrolysis) is 1. The molecule has 26 heavy (non-hydrogen) atoms. The van der Waals surface area contributed by atoms with Crippen molar-refractivity contribution in [3.8, 4) is 0 Å². The highest BCUT2D eigenvalue weighted by molar-refractivity contribution is 5.68. The monoisotopic (exact) mass is 356 g/mol. The summed E-state index contributed by atoms with van der Waals surface area (Å²) in [5.74, 6) is 0.665. The van der Waals surface area contributed by atoms with Crippen LogP contribution in [0.25, 0.3) is 6.08 Å². The van der Waals surface area contributed by atoms with Crippen LogP contribution in [0.5, 0.6) is 0 Å². The van der Waals surface area contributed by atoms with Gasteiger partial charge in [-0.2, -0.15) is 0 Å². The van der Waals surface area contributed by atoms with Crippen molar-refractivity contribution in [3.63, 3.8) is 0 Å². The van der Waals surface area contributed by atoms with E-state index in [2.05, 4.69) is 54.0 Å². The molecule has 2 aliphatic rings. The minimum Gasteiger partial charge on any atom is -0.444 e. The predicted octanol–water partition coefficient (Wildman–Crippen LogP) is 4.51. The maximum Gasteiger partial charge on any atom is 0.407 e. The summed E-state index contributed by atoms with van der Waals surface area (Å²) in [6.45, 7) is 7.91. The molecule has 0 saturated heterocycles. The van der Waals surface area contributed by atoms with Gasteiger partial charge in [0.15, 0.2) is 0 Å². The predicted molar refractivity (Wildman–Crippen MR) is 106 cm³/mol. The van der Waals surface area contributed by atoms with Gasteiger partial charge in [0.25, 0.3) is 0 Å². The van der Waals surface area contributed by atoms with E-state index in [-0.39, 0.29) is 12.1 Å². The molecule has 2 N–H and O–H groups in total. The maximum absolute atomic E-state index is 11.8. The third kappa shape index (κ3) is 5.34. The van der Waals surface area contributed by atoms with Crippen molar-refractivity contribution in [2.45, 2.75) is 77.1 Å². The quantitative estimate of drug-likeness (QED) is 0.788. The zero-order chi connectivity index (χ0) is 18.7. The third-order valence-corrected chi connectivity index (χ3v) is 5.14. The van der Waals surface area contributed by atoms with Gasteiger partial charge in [-0.15, -0.1) is 0 Å². The molecule has 2 fully saturated rings. The van der Waals surface area contributed by atoms with E-state index in [1.54, 1.807) is 0 Å². The van der Waals surface area contributed by atoms with Crippen LogP contribution in [0.4, 0.5) is 4.79 Å². The van der Waals surface area contributed by atoms with Crippen LogP contribution in [0.2, 0.25) is 0 Å². The summed E-state index contributed by atoms with van der Waals surface area (Å²) < 4.78 is 5.31. The number of hydrogen-bond donors (Lipinski definition) is 2. The largest absolute Gasteiger partial charge is 0.444 e. The van der Waals surface area contributed by atoms with E-state index in [1.165, 1.54) is 17.6 Å². The fourth-order valence-corrected chi connectivity index (χ4v) is 3.67. The van der Waals surface area contributed by atoms with E-state index in [9.17, 15) is 4.79 Å². The first kappa shape index (κ1) is 19.0. The molecule has 4 nitrogen and oxygen atoms in total. The van der Waals surface area contributed by atoms with Crippen molar-refractivity contribution in [1.29, 1.82) is 0 Å². The first-order chi connectivity index (χ1) is 12.3. The molecule has 1 aromatic carbocycles. The van der Waals surface area contributed by atoms with E-state index < -0.39 is 5.60 Å². The molecule has 1 amide bonds. The van der Waals surface area contributed by atoms with E-state index in [1.807, 2.05) is 20.8 Å². The van der Waals surface area contributed by atoms with Crippen molar-refractivity contribution in [1.82, 2.24) is 10.6 Å². The van der Waals surface area contributed by atoms with Gasteiger partial charge in [0, 0.05) is 18.1 Å². The molecule has 4 heteroatoms. The number of amides is 1. The molecule has 3 rings (SSSR count). The van der Waals surface area contributed by atoms with Gasteiger partial charge in [0.2, 0.25) is 0 Å². The van der Waals surface area contributed by atoms with Gasteiger partial charge in [-0.25, -0.2) is 4.79 Å². The highest BCUT2D eigenvalue weighted by Gasteiger charge is 2.42. The number of hydrogen-bond acceptors (Lipinski definition) is 3. The summed E-state index contributed by atoms with van der Waals surface area (Å²) in [4.78, 5) is 11.8. The summed E-state index contributed by atoms with van der Waals surface area (Å²) >= 11 is 0. The minimum atomic E-state index is -0.436. The number of rotatable bonds is 6. The Labute approximate surface area is 157 Å². The Morgan fingerprint density at radius 2 is 1.85 bits per heavy atom. The summed E-state index contributed by atoms with van der Waals surface area (Å²) in [5.41, 5.74) is 2.39. The summed E-state index contributed by atoms with van der Waals surface area (Å²) in [6.07, 6.45) is 6.36. The summed E-state index contributed by atoms with van der Waals surface area (Å²) in [6, 6.07) is 11.9. The molecule has 0 radical (unpaired) electrons. The standard InChI is InChI=1S/C22H32N2O2/c1-5-16(11-15-9-7-6-8-10-15)19-14-20(19)23-17-12-18(13-17)24-21(25)26-22(2,3)4/h6-11,17-20,23H,5,12-14H2,1-4H3,(H,24,25)/b16-11+/t17?,18?,19-,20+/m0/s1. The lowest BCUT2D eigenvalue weighted by Crippen LogP contribution is -2.53. The lowest BCUT2D eigenvalue weighted by atomic mass is 9.86. The number of carbonyl (C=O) groups excluding carboxylic acids is 1. The first-order valence-corrected chi connectivity index (χ1v) is 9.85. The molecule has 0 unspecified atom stereocenters. The van der Waals surface area contributed by atoms with Gasteiger partial charge in [0.05, 0.1) is 0 Å². The lowest BCUT2D eigenvalue weighted by molar-refractivity contribution is 0.0465. The Balaban J connectivity index is 1.40. The second-order valence-electron chi connectivity index (χ2n) is 8.61. The Morgan fingerprint density at radius 3 is 2.46 bits per heavy atom. The molecule has 2 aliphatic carbocycles. The van der Waals surface area contributed by atoms with Crippen molar-refractivity contribution < 1.29 is 9.53 Å². The molecule has 0 aromatic heterocycles. The van der Waals surface area contributed by atoms with Crippen LogP contribution in [0, 0.1) is 5.92 Å². The molecule has 1 aromatic rings. The number of ether oxygens (including phenoxy) is 1. The lowest BCUT2D eigenvalue weighted by Gasteiger charge is -2.37. The SMILES string of the molecule is CC/C(=C\c1ccccc1)[C@@H]1C[C@H]1NC1CC(NC(=O)OC(C)(C)C)C1. The number of carbonyl (C=O) groups is 1. The molecule has 0 heterocycles. The van der Waals surface area contributed by atoms with Crippen molar-refractivity contribution in [3.05, 3.63) is 41.5 Å². The van der Waals surface area contributed by atoms with Gasteiger partial charge in [0.1, 0.15) is 5.60 Å². The van der Waals surface area contributed by atoms with Crippen LogP contribution in [-0.4, -0.2) is 29.8 Å². The van der Waals surface area contributed by atoms with Crippen LogP contribution in [0.1, 0.15) is 58.9 Å². The molecular formula is C22H32N2O2. The molecule has 0 spiro atoms. The van der Waals surface area contributed by atoms with Crippen molar-refractivity contribution in [2.75, 3.05) is 0 Å². The molecular weight excluding hydrogens is 324 g/mol. The molecule has 142 valence electrons. The van der Waals surface area contributed by atoms with Crippen LogP contribution in [0.3, 0.4) is 0 Å². The fraction of sp³-hybridized carbons (Fsp3) is 0.591. The van der Waals surface area contributed by atoms with Gasteiger partial charge >= 0.3 is 6.09 Å². The Hall–Kier alpha value is -1.81. The van der Waals surface area contributed by atoms with Gasteiger partial charge in [-0.05, 0) is 57.9 Å². The van der Waals surface area contributed by atoms with Crippen molar-refractivity contribution in [2.24, 2.45) is 5.92 Å². The second-order valence-corrected chi connectivity index (χ2v) is 8.61. The van der Waals surface area contributed by atoms with Gasteiger partial charge in [-0.3, -0.25) is 0 Å². The Kier molecular flexibility index (Phi) is 5.71. The third-order valence-electron chi connectivity index (χ3n) is 5.14. The van der Waals surface area contributed by atoms with Crippen LogP contribution >= 0.6 is 0 Å². The van der Waals surface area contributed by atoms with Crippen LogP contribution in [-0.2, 0) is 4.74 Å².